The van der Waals surface area contributed by atoms with Crippen molar-refractivity contribution in [1.82, 2.24) is 10.2 Å². The van der Waals surface area contributed by atoms with E-state index in [1.54, 1.807) is 6.07 Å². The predicted molar refractivity (Wildman–Crippen MR) is 105 cm³/mol. The quantitative estimate of drug-likeness (QED) is 0.828. The Morgan fingerprint density at radius 2 is 1.70 bits per heavy atom. The number of amides is 1. The van der Waals surface area contributed by atoms with Crippen molar-refractivity contribution in [2.45, 2.75) is 25.7 Å². The van der Waals surface area contributed by atoms with Crippen LogP contribution in [0.3, 0.4) is 0 Å². The summed E-state index contributed by atoms with van der Waals surface area (Å²) in [5, 5.41) is 2.80. The topological polar surface area (TPSA) is 50.8 Å². The Kier molecular flexibility index (Phi) is 6.35. The minimum atomic E-state index is -0.678. The standard InChI is InChI=1S/C22H24N2O3/c1-17-21(27-20-13-7-6-12-19(20)26-17)22(25)23-14-8-9-15-24(2)16-18-10-4-3-5-11-18/h3-7,10-13,17,21H,14-16H2,1-2H3,(H,23,25)/t17-,21-/m1/s1. The number of para-hydroxylation sites is 2. The maximum absolute atomic E-state index is 12.4. The molecule has 0 bridgehead atoms. The van der Waals surface area contributed by atoms with Gasteiger partial charge in [0.2, 0.25) is 6.10 Å². The van der Waals surface area contributed by atoms with E-state index >= 15 is 0 Å². The van der Waals surface area contributed by atoms with Crippen molar-refractivity contribution in [2.75, 3.05) is 20.1 Å². The van der Waals surface area contributed by atoms with Crippen LogP contribution in [0.4, 0.5) is 0 Å². The lowest BCUT2D eigenvalue weighted by molar-refractivity contribution is -0.133. The van der Waals surface area contributed by atoms with Crippen molar-refractivity contribution in [3.05, 3.63) is 60.2 Å². The molecule has 1 aliphatic rings. The maximum atomic E-state index is 12.4. The number of nitrogens with one attached hydrogen (secondary N) is 1. The molecule has 2 aromatic carbocycles. The van der Waals surface area contributed by atoms with Crippen LogP contribution in [0.25, 0.3) is 0 Å². The number of nitrogens with zero attached hydrogens (tertiary/aromatic N) is 1. The Bertz CT molecular complexity index is 826. The van der Waals surface area contributed by atoms with E-state index in [1.807, 2.05) is 50.4 Å². The first-order chi connectivity index (χ1) is 13.1. The highest BCUT2D eigenvalue weighted by Crippen LogP contribution is 2.33. The fourth-order valence-corrected chi connectivity index (χ4v) is 2.84. The van der Waals surface area contributed by atoms with Gasteiger partial charge in [-0.05, 0) is 31.7 Å². The summed E-state index contributed by atoms with van der Waals surface area (Å²) in [4.78, 5) is 14.5. The lowest BCUT2D eigenvalue weighted by atomic mass is 10.1. The number of fused-ring (bicyclic) bond motifs is 1. The largest absolute Gasteiger partial charge is 0.482 e. The minimum Gasteiger partial charge on any atom is -0.482 e. The highest BCUT2D eigenvalue weighted by molar-refractivity contribution is 5.82. The van der Waals surface area contributed by atoms with Crippen LogP contribution >= 0.6 is 0 Å². The van der Waals surface area contributed by atoms with Crippen molar-refractivity contribution in [3.8, 4) is 23.3 Å². The molecule has 2 atom stereocenters. The number of hydrogen-bond donors (Lipinski definition) is 1. The number of ether oxygens (including phenoxy) is 2. The molecule has 5 nitrogen and oxygen atoms in total. The fourth-order valence-electron chi connectivity index (χ4n) is 2.84. The Labute approximate surface area is 160 Å². The summed E-state index contributed by atoms with van der Waals surface area (Å²) < 4.78 is 11.5. The third-order valence-corrected chi connectivity index (χ3v) is 4.22. The molecule has 0 aromatic heterocycles. The number of carbonyl (C=O) groups is 1. The van der Waals surface area contributed by atoms with Crippen LogP contribution in [0.15, 0.2) is 54.6 Å². The van der Waals surface area contributed by atoms with Gasteiger partial charge in [0.25, 0.3) is 5.91 Å². The molecule has 0 saturated carbocycles. The summed E-state index contributed by atoms with van der Waals surface area (Å²) in [6, 6.07) is 17.6. The van der Waals surface area contributed by atoms with E-state index < -0.39 is 6.10 Å². The SMILES string of the molecule is C[C@H]1Oc2ccccc2O[C@H]1C(=O)NCC#CCN(C)Cc1ccccc1. The van der Waals surface area contributed by atoms with Gasteiger partial charge in [-0.25, -0.2) is 0 Å². The molecule has 0 unspecified atom stereocenters. The van der Waals surface area contributed by atoms with Crippen LogP contribution in [-0.4, -0.2) is 43.2 Å². The average molecular weight is 364 g/mol. The molecule has 1 amide bonds. The molecule has 0 spiro atoms. The number of rotatable bonds is 5. The maximum Gasteiger partial charge on any atom is 0.265 e. The number of hydrogen-bond acceptors (Lipinski definition) is 4. The van der Waals surface area contributed by atoms with Gasteiger partial charge in [0, 0.05) is 6.54 Å². The molecule has 0 saturated heterocycles. The average Bonchev–Trinajstić information content (AvgIpc) is 2.67. The smallest absolute Gasteiger partial charge is 0.265 e. The molecule has 140 valence electrons. The van der Waals surface area contributed by atoms with Gasteiger partial charge >= 0.3 is 0 Å². The first-order valence-corrected chi connectivity index (χ1v) is 9.02. The predicted octanol–water partition coefficient (Wildman–Crippen LogP) is 2.47. The van der Waals surface area contributed by atoms with E-state index in [9.17, 15) is 4.79 Å². The number of benzene rings is 2. The van der Waals surface area contributed by atoms with Crippen molar-refractivity contribution >= 4 is 5.91 Å². The van der Waals surface area contributed by atoms with E-state index in [0.717, 1.165) is 6.54 Å². The summed E-state index contributed by atoms with van der Waals surface area (Å²) in [7, 11) is 2.02. The van der Waals surface area contributed by atoms with Crippen molar-refractivity contribution in [2.24, 2.45) is 0 Å². The second-order valence-electron chi connectivity index (χ2n) is 6.54. The normalized spacial score (nSPS) is 17.7. The van der Waals surface area contributed by atoms with E-state index in [1.165, 1.54) is 5.56 Å². The van der Waals surface area contributed by atoms with Crippen LogP contribution < -0.4 is 14.8 Å². The summed E-state index contributed by atoms with van der Waals surface area (Å²) in [5.41, 5.74) is 1.25. The molecule has 1 N–H and O–H groups in total. The lowest BCUT2D eigenvalue weighted by Crippen LogP contribution is -2.49. The highest BCUT2D eigenvalue weighted by atomic mass is 16.6. The van der Waals surface area contributed by atoms with Gasteiger partial charge in [-0.2, -0.15) is 0 Å². The Hall–Kier alpha value is -2.97. The molecular weight excluding hydrogens is 340 g/mol. The van der Waals surface area contributed by atoms with Gasteiger partial charge in [-0.3, -0.25) is 9.69 Å². The first-order valence-electron chi connectivity index (χ1n) is 9.02. The monoisotopic (exact) mass is 364 g/mol. The molecule has 27 heavy (non-hydrogen) atoms. The molecule has 3 rings (SSSR count). The Balaban J connectivity index is 1.43. The molecular formula is C22H24N2O3. The van der Waals surface area contributed by atoms with E-state index in [2.05, 4.69) is 34.2 Å². The van der Waals surface area contributed by atoms with Gasteiger partial charge in [-0.1, -0.05) is 54.3 Å². The van der Waals surface area contributed by atoms with E-state index in [0.29, 0.717) is 18.0 Å². The Morgan fingerprint density at radius 1 is 1.04 bits per heavy atom. The van der Waals surface area contributed by atoms with Crippen LogP contribution in [0, 0.1) is 11.8 Å². The molecule has 0 aliphatic carbocycles. The Morgan fingerprint density at radius 3 is 2.44 bits per heavy atom. The summed E-state index contributed by atoms with van der Waals surface area (Å²) >= 11 is 0. The second kappa shape index (κ2) is 9.11. The van der Waals surface area contributed by atoms with Gasteiger partial charge in [0.1, 0.15) is 6.10 Å². The second-order valence-corrected chi connectivity index (χ2v) is 6.54. The summed E-state index contributed by atoms with van der Waals surface area (Å²) in [5.74, 6) is 7.10. The molecule has 0 radical (unpaired) electrons. The summed E-state index contributed by atoms with van der Waals surface area (Å²) in [6.07, 6.45) is -1.03. The highest BCUT2D eigenvalue weighted by Gasteiger charge is 2.33. The summed E-state index contributed by atoms with van der Waals surface area (Å²) in [6.45, 7) is 3.58. The minimum absolute atomic E-state index is 0.219. The zero-order valence-electron chi connectivity index (χ0n) is 15.6. The first kappa shape index (κ1) is 18.8. The zero-order chi connectivity index (χ0) is 19.1. The van der Waals surface area contributed by atoms with Gasteiger partial charge in [0.15, 0.2) is 11.5 Å². The van der Waals surface area contributed by atoms with E-state index in [4.69, 9.17) is 9.47 Å². The molecule has 0 fully saturated rings. The van der Waals surface area contributed by atoms with Crippen LogP contribution in [0.1, 0.15) is 12.5 Å². The van der Waals surface area contributed by atoms with E-state index in [-0.39, 0.29) is 18.6 Å². The van der Waals surface area contributed by atoms with Crippen LogP contribution in [-0.2, 0) is 11.3 Å². The van der Waals surface area contributed by atoms with Crippen LogP contribution in [0.5, 0.6) is 11.5 Å². The van der Waals surface area contributed by atoms with Crippen molar-refractivity contribution < 1.29 is 14.3 Å². The van der Waals surface area contributed by atoms with Gasteiger partial charge in [-0.15, -0.1) is 0 Å². The third-order valence-electron chi connectivity index (χ3n) is 4.22. The van der Waals surface area contributed by atoms with Crippen molar-refractivity contribution in [3.63, 3.8) is 0 Å². The molecule has 1 heterocycles. The molecule has 2 aromatic rings. The zero-order valence-corrected chi connectivity index (χ0v) is 15.6. The molecule has 1 aliphatic heterocycles. The van der Waals surface area contributed by atoms with Gasteiger partial charge in [0.05, 0.1) is 13.1 Å². The lowest BCUT2D eigenvalue weighted by Gasteiger charge is -2.30. The number of carbonyl (C=O) groups excluding carboxylic acids is 1. The van der Waals surface area contributed by atoms with Crippen LogP contribution in [0.2, 0.25) is 0 Å². The third kappa shape index (κ3) is 5.25. The van der Waals surface area contributed by atoms with Crippen molar-refractivity contribution in [1.29, 1.82) is 0 Å². The molecule has 5 heteroatoms. The fraction of sp³-hybridized carbons (Fsp3) is 0.318. The van der Waals surface area contributed by atoms with Gasteiger partial charge < -0.3 is 14.8 Å².